The highest BCUT2D eigenvalue weighted by Gasteiger charge is 2.27. The monoisotopic (exact) mass is 362 g/mol. The molecule has 5 heteroatoms. The SMILES string of the molecule is COc1ccccc1C1CNCCN1Cc1nccn1Cc1ccccc1. The molecule has 140 valence electrons. The number of rotatable bonds is 6. The first-order valence-electron chi connectivity index (χ1n) is 9.47. The quantitative estimate of drug-likeness (QED) is 0.732. The fourth-order valence-corrected chi connectivity index (χ4v) is 3.78. The van der Waals surface area contributed by atoms with E-state index in [4.69, 9.17) is 4.74 Å². The van der Waals surface area contributed by atoms with Crippen LogP contribution in [0.2, 0.25) is 0 Å². The number of nitrogens with one attached hydrogen (secondary N) is 1. The van der Waals surface area contributed by atoms with Crippen molar-refractivity contribution < 1.29 is 4.74 Å². The van der Waals surface area contributed by atoms with Crippen molar-refractivity contribution in [2.45, 2.75) is 19.1 Å². The molecule has 0 aliphatic carbocycles. The van der Waals surface area contributed by atoms with Gasteiger partial charge in [-0.1, -0.05) is 48.5 Å². The summed E-state index contributed by atoms with van der Waals surface area (Å²) in [6, 6.07) is 19.1. The summed E-state index contributed by atoms with van der Waals surface area (Å²) in [7, 11) is 1.74. The van der Waals surface area contributed by atoms with Gasteiger partial charge in [-0.05, 0) is 11.6 Å². The van der Waals surface area contributed by atoms with E-state index in [-0.39, 0.29) is 6.04 Å². The summed E-state index contributed by atoms with van der Waals surface area (Å²) >= 11 is 0. The molecule has 3 aromatic rings. The first kappa shape index (κ1) is 17.8. The molecule has 0 saturated carbocycles. The van der Waals surface area contributed by atoms with E-state index in [1.165, 1.54) is 11.1 Å². The Balaban J connectivity index is 1.55. The zero-order chi connectivity index (χ0) is 18.5. The molecule has 1 aromatic heterocycles. The van der Waals surface area contributed by atoms with Crippen molar-refractivity contribution >= 4 is 0 Å². The van der Waals surface area contributed by atoms with Gasteiger partial charge >= 0.3 is 0 Å². The van der Waals surface area contributed by atoms with E-state index in [9.17, 15) is 0 Å². The van der Waals surface area contributed by atoms with Gasteiger partial charge in [-0.3, -0.25) is 4.90 Å². The van der Waals surface area contributed by atoms with Crippen LogP contribution < -0.4 is 10.1 Å². The van der Waals surface area contributed by atoms with Gasteiger partial charge in [0.15, 0.2) is 0 Å². The maximum Gasteiger partial charge on any atom is 0.123 e. The third-order valence-electron chi connectivity index (χ3n) is 5.19. The van der Waals surface area contributed by atoms with Crippen LogP contribution in [0.5, 0.6) is 5.75 Å². The van der Waals surface area contributed by atoms with Crippen LogP contribution >= 0.6 is 0 Å². The zero-order valence-electron chi connectivity index (χ0n) is 15.7. The summed E-state index contributed by atoms with van der Waals surface area (Å²) in [6.45, 7) is 4.57. The van der Waals surface area contributed by atoms with Crippen molar-refractivity contribution in [1.29, 1.82) is 0 Å². The summed E-state index contributed by atoms with van der Waals surface area (Å²) in [5.74, 6) is 2.05. The van der Waals surface area contributed by atoms with Crippen LogP contribution in [0.1, 0.15) is 23.0 Å². The van der Waals surface area contributed by atoms with E-state index >= 15 is 0 Å². The molecule has 5 nitrogen and oxygen atoms in total. The molecule has 1 aliphatic heterocycles. The largest absolute Gasteiger partial charge is 0.496 e. The number of imidazole rings is 1. The van der Waals surface area contributed by atoms with E-state index in [1.54, 1.807) is 7.11 Å². The predicted octanol–water partition coefficient (Wildman–Crippen LogP) is 3.09. The number of hydrogen-bond donors (Lipinski definition) is 1. The van der Waals surface area contributed by atoms with Crippen LogP contribution in [0.4, 0.5) is 0 Å². The third kappa shape index (κ3) is 4.04. The molecule has 1 saturated heterocycles. The van der Waals surface area contributed by atoms with Gasteiger partial charge in [0.05, 0.1) is 19.7 Å². The topological polar surface area (TPSA) is 42.3 Å². The predicted molar refractivity (Wildman–Crippen MR) is 107 cm³/mol. The zero-order valence-corrected chi connectivity index (χ0v) is 15.7. The number of nitrogens with zero attached hydrogens (tertiary/aromatic N) is 3. The lowest BCUT2D eigenvalue weighted by Gasteiger charge is -2.36. The number of benzene rings is 2. The van der Waals surface area contributed by atoms with Gasteiger partial charge in [0, 0.05) is 44.1 Å². The number of ether oxygens (including phenoxy) is 1. The summed E-state index contributed by atoms with van der Waals surface area (Å²) in [5.41, 5.74) is 2.52. The number of piperazine rings is 1. The highest BCUT2D eigenvalue weighted by molar-refractivity contribution is 5.36. The molecule has 0 amide bonds. The summed E-state index contributed by atoms with van der Waals surface area (Å²) in [4.78, 5) is 7.14. The minimum atomic E-state index is 0.275. The molecule has 0 bridgehead atoms. The molecule has 2 aromatic carbocycles. The smallest absolute Gasteiger partial charge is 0.123 e. The second-order valence-electron chi connectivity index (χ2n) is 6.89. The fourth-order valence-electron chi connectivity index (χ4n) is 3.78. The van der Waals surface area contributed by atoms with Gasteiger partial charge in [0.2, 0.25) is 0 Å². The average molecular weight is 362 g/mol. The Hall–Kier alpha value is -2.63. The van der Waals surface area contributed by atoms with Crippen LogP contribution in [-0.2, 0) is 13.1 Å². The molecule has 2 heterocycles. The van der Waals surface area contributed by atoms with Crippen LogP contribution in [0.25, 0.3) is 0 Å². The van der Waals surface area contributed by atoms with Crippen LogP contribution in [-0.4, -0.2) is 41.2 Å². The van der Waals surface area contributed by atoms with Gasteiger partial charge in [-0.2, -0.15) is 0 Å². The second kappa shape index (κ2) is 8.37. The Morgan fingerprint density at radius 3 is 2.74 bits per heavy atom. The summed E-state index contributed by atoms with van der Waals surface area (Å²) in [6.07, 6.45) is 3.97. The molecule has 1 unspecified atom stereocenters. The molecule has 1 N–H and O–H groups in total. The normalized spacial score (nSPS) is 17.7. The van der Waals surface area contributed by atoms with Crippen molar-refractivity contribution in [2.75, 3.05) is 26.7 Å². The van der Waals surface area contributed by atoms with E-state index in [1.807, 2.05) is 18.3 Å². The number of methoxy groups -OCH3 is 1. The number of aromatic nitrogens is 2. The molecular formula is C22H26N4O. The maximum absolute atomic E-state index is 5.61. The van der Waals surface area contributed by atoms with Gasteiger partial charge in [-0.25, -0.2) is 4.98 Å². The second-order valence-corrected chi connectivity index (χ2v) is 6.89. The lowest BCUT2D eigenvalue weighted by Crippen LogP contribution is -2.46. The van der Waals surface area contributed by atoms with Gasteiger partial charge in [0.1, 0.15) is 11.6 Å². The van der Waals surface area contributed by atoms with Crippen molar-refractivity contribution in [3.63, 3.8) is 0 Å². The highest BCUT2D eigenvalue weighted by atomic mass is 16.5. The van der Waals surface area contributed by atoms with Crippen molar-refractivity contribution in [2.24, 2.45) is 0 Å². The molecule has 0 radical (unpaired) electrons. The first-order chi connectivity index (χ1) is 13.3. The van der Waals surface area contributed by atoms with Crippen LogP contribution in [0.15, 0.2) is 67.0 Å². The highest BCUT2D eigenvalue weighted by Crippen LogP contribution is 2.31. The van der Waals surface area contributed by atoms with Crippen molar-refractivity contribution in [1.82, 2.24) is 19.8 Å². The lowest BCUT2D eigenvalue weighted by molar-refractivity contribution is 0.145. The summed E-state index contributed by atoms with van der Waals surface area (Å²) in [5, 5.41) is 3.52. The van der Waals surface area contributed by atoms with Crippen LogP contribution in [0, 0.1) is 0 Å². The van der Waals surface area contributed by atoms with E-state index < -0.39 is 0 Å². The Labute approximate surface area is 160 Å². The van der Waals surface area contributed by atoms with Crippen LogP contribution in [0.3, 0.4) is 0 Å². The standard InChI is InChI=1S/C22H26N4O/c1-27-21-10-6-5-9-19(21)20-15-23-11-13-25(20)17-22-24-12-14-26(22)16-18-7-3-2-4-8-18/h2-10,12,14,20,23H,11,13,15-17H2,1H3. The maximum atomic E-state index is 5.61. The number of para-hydroxylation sites is 1. The van der Waals surface area contributed by atoms with Crippen molar-refractivity contribution in [3.8, 4) is 5.75 Å². The molecular weight excluding hydrogens is 336 g/mol. The van der Waals surface area contributed by atoms with E-state index in [0.29, 0.717) is 0 Å². The minimum absolute atomic E-state index is 0.275. The molecule has 27 heavy (non-hydrogen) atoms. The first-order valence-corrected chi connectivity index (χ1v) is 9.47. The van der Waals surface area contributed by atoms with E-state index in [0.717, 1.165) is 44.3 Å². The Kier molecular flexibility index (Phi) is 5.51. The van der Waals surface area contributed by atoms with Gasteiger partial charge in [-0.15, -0.1) is 0 Å². The fraction of sp³-hybridized carbons (Fsp3) is 0.318. The lowest BCUT2D eigenvalue weighted by atomic mass is 10.0. The Bertz CT molecular complexity index is 862. The van der Waals surface area contributed by atoms with Gasteiger partial charge in [0.25, 0.3) is 0 Å². The summed E-state index contributed by atoms with van der Waals surface area (Å²) < 4.78 is 7.86. The molecule has 0 spiro atoms. The van der Waals surface area contributed by atoms with Gasteiger partial charge < -0.3 is 14.6 Å². The Morgan fingerprint density at radius 1 is 1.07 bits per heavy atom. The molecule has 4 rings (SSSR count). The van der Waals surface area contributed by atoms with E-state index in [2.05, 4.69) is 68.4 Å². The number of hydrogen-bond acceptors (Lipinski definition) is 4. The molecule has 1 atom stereocenters. The molecule has 1 aliphatic rings. The molecule has 1 fully saturated rings. The Morgan fingerprint density at radius 2 is 1.89 bits per heavy atom. The average Bonchev–Trinajstić information content (AvgIpc) is 3.16. The minimum Gasteiger partial charge on any atom is -0.496 e. The third-order valence-corrected chi connectivity index (χ3v) is 5.19. The van der Waals surface area contributed by atoms with Crippen molar-refractivity contribution in [3.05, 3.63) is 83.9 Å².